The predicted molar refractivity (Wildman–Crippen MR) is 181 cm³/mol. The summed E-state index contributed by atoms with van der Waals surface area (Å²) in [6, 6.07) is 29.2. The summed E-state index contributed by atoms with van der Waals surface area (Å²) in [5, 5.41) is 3.49. The zero-order chi connectivity index (χ0) is 32.4. The fourth-order valence-corrected chi connectivity index (χ4v) is 6.60. The van der Waals surface area contributed by atoms with Gasteiger partial charge in [-0.25, -0.2) is 8.42 Å². The normalized spacial score (nSPS) is 11.9. The maximum atomic E-state index is 14.5. The van der Waals surface area contributed by atoms with Crippen molar-refractivity contribution in [3.05, 3.63) is 130 Å². The Balaban J connectivity index is 1.78. The van der Waals surface area contributed by atoms with Gasteiger partial charge in [0.25, 0.3) is 10.0 Å². The minimum Gasteiger partial charge on any atom is -0.354 e. The summed E-state index contributed by atoms with van der Waals surface area (Å²) in [5.41, 5.74) is 3.81. The van der Waals surface area contributed by atoms with Gasteiger partial charge in [0.15, 0.2) is 0 Å². The number of hydrogen-bond acceptors (Lipinski definition) is 4. The van der Waals surface area contributed by atoms with Crippen LogP contribution < -0.4 is 9.62 Å². The Bertz CT molecular complexity index is 1680. The monoisotopic (exact) mass is 645 g/mol. The molecule has 0 fully saturated rings. The van der Waals surface area contributed by atoms with Gasteiger partial charge in [0.1, 0.15) is 12.6 Å². The first kappa shape index (κ1) is 33.7. The number of nitrogens with one attached hydrogen (secondary N) is 1. The average molecular weight is 646 g/mol. The summed E-state index contributed by atoms with van der Waals surface area (Å²) in [6.07, 6.45) is 1.94. The molecule has 2 amide bonds. The molecule has 0 heterocycles. The van der Waals surface area contributed by atoms with E-state index >= 15 is 0 Å². The number of sulfonamides is 1. The molecule has 9 heteroatoms. The number of unbranched alkanes of at least 4 members (excludes halogenated alkanes) is 1. The van der Waals surface area contributed by atoms with Crippen LogP contribution in [0.4, 0.5) is 5.69 Å². The molecule has 0 saturated carbocycles. The van der Waals surface area contributed by atoms with Crippen LogP contribution in [0.15, 0.2) is 108 Å². The molecule has 4 aromatic carbocycles. The fourth-order valence-electron chi connectivity index (χ4n) is 4.97. The lowest BCUT2D eigenvalue weighted by atomic mass is 10.0. The van der Waals surface area contributed by atoms with Gasteiger partial charge in [-0.15, -0.1) is 0 Å². The van der Waals surface area contributed by atoms with Crippen molar-refractivity contribution in [2.24, 2.45) is 0 Å². The van der Waals surface area contributed by atoms with E-state index in [0.717, 1.165) is 39.4 Å². The van der Waals surface area contributed by atoms with Gasteiger partial charge in [-0.1, -0.05) is 103 Å². The Morgan fingerprint density at radius 1 is 0.822 bits per heavy atom. The molecule has 7 nitrogen and oxygen atoms in total. The summed E-state index contributed by atoms with van der Waals surface area (Å²) >= 11 is 6.31. The van der Waals surface area contributed by atoms with E-state index < -0.39 is 28.5 Å². The zero-order valence-corrected chi connectivity index (χ0v) is 27.5. The third-order valence-electron chi connectivity index (χ3n) is 7.55. The molecule has 1 atom stereocenters. The lowest BCUT2D eigenvalue weighted by Gasteiger charge is -2.34. The number of carbonyl (C=O) groups excluding carboxylic acids is 2. The van der Waals surface area contributed by atoms with Gasteiger partial charge in [0.05, 0.1) is 10.6 Å². The van der Waals surface area contributed by atoms with Crippen molar-refractivity contribution in [3.63, 3.8) is 0 Å². The highest BCUT2D eigenvalue weighted by Gasteiger charge is 2.34. The van der Waals surface area contributed by atoms with Gasteiger partial charge in [-0.05, 0) is 67.8 Å². The second-order valence-corrected chi connectivity index (χ2v) is 13.5. The maximum Gasteiger partial charge on any atom is 0.264 e. The molecule has 0 aliphatic rings. The van der Waals surface area contributed by atoms with Gasteiger partial charge in [-0.3, -0.25) is 13.9 Å². The fraction of sp³-hybridized carbons (Fsp3) is 0.278. The van der Waals surface area contributed by atoms with Crippen LogP contribution in [0.5, 0.6) is 0 Å². The first-order valence-electron chi connectivity index (χ1n) is 15.1. The summed E-state index contributed by atoms with van der Waals surface area (Å²) in [7, 11) is -4.15. The molecular formula is C36H40ClN3O4S. The Hall–Kier alpha value is -4.14. The number of amides is 2. The van der Waals surface area contributed by atoms with Gasteiger partial charge in [-0.2, -0.15) is 0 Å². The predicted octanol–water partition coefficient (Wildman–Crippen LogP) is 6.71. The molecule has 0 aliphatic carbocycles. The van der Waals surface area contributed by atoms with Crippen LogP contribution in [0.3, 0.4) is 0 Å². The molecule has 4 rings (SSSR count). The van der Waals surface area contributed by atoms with Gasteiger partial charge >= 0.3 is 0 Å². The summed E-state index contributed by atoms with van der Waals surface area (Å²) in [4.78, 5) is 29.8. The van der Waals surface area contributed by atoms with Crippen molar-refractivity contribution in [1.82, 2.24) is 10.2 Å². The van der Waals surface area contributed by atoms with Crippen LogP contribution in [0.1, 0.15) is 42.0 Å². The quantitative estimate of drug-likeness (QED) is 0.155. The number of halogens is 1. The van der Waals surface area contributed by atoms with Crippen LogP contribution in [-0.2, 0) is 32.6 Å². The number of benzene rings is 4. The van der Waals surface area contributed by atoms with E-state index in [0.29, 0.717) is 17.3 Å². The highest BCUT2D eigenvalue weighted by atomic mass is 35.5. The van der Waals surface area contributed by atoms with E-state index in [9.17, 15) is 18.0 Å². The number of anilines is 1. The Labute approximate surface area is 271 Å². The van der Waals surface area contributed by atoms with Crippen molar-refractivity contribution in [2.75, 3.05) is 17.4 Å². The first-order chi connectivity index (χ1) is 21.6. The molecular weight excluding hydrogens is 606 g/mol. The molecule has 1 N–H and O–H groups in total. The molecule has 0 radical (unpaired) electrons. The van der Waals surface area contributed by atoms with E-state index in [1.54, 1.807) is 66.7 Å². The zero-order valence-electron chi connectivity index (χ0n) is 25.9. The van der Waals surface area contributed by atoms with E-state index in [-0.39, 0.29) is 23.8 Å². The summed E-state index contributed by atoms with van der Waals surface area (Å²) < 4.78 is 29.4. The van der Waals surface area contributed by atoms with Crippen LogP contribution in [0.25, 0.3) is 0 Å². The molecule has 236 valence electrons. The van der Waals surface area contributed by atoms with Crippen LogP contribution in [0.2, 0.25) is 5.02 Å². The second-order valence-electron chi connectivity index (χ2n) is 11.2. The lowest BCUT2D eigenvalue weighted by molar-refractivity contribution is -0.140. The van der Waals surface area contributed by atoms with Crippen molar-refractivity contribution >= 4 is 39.1 Å². The highest BCUT2D eigenvalue weighted by molar-refractivity contribution is 7.92. The van der Waals surface area contributed by atoms with Crippen molar-refractivity contribution in [1.29, 1.82) is 0 Å². The lowest BCUT2D eigenvalue weighted by Crippen LogP contribution is -2.53. The Kier molecular flexibility index (Phi) is 11.8. The number of hydrogen-bond donors (Lipinski definition) is 1. The van der Waals surface area contributed by atoms with Crippen LogP contribution in [-0.4, -0.2) is 44.3 Å². The number of aryl methyl sites for hydroxylation is 2. The summed E-state index contributed by atoms with van der Waals surface area (Å²) in [5.74, 6) is -0.816. The van der Waals surface area contributed by atoms with Crippen molar-refractivity contribution < 1.29 is 18.0 Å². The second kappa shape index (κ2) is 15.7. The molecule has 0 unspecified atom stereocenters. The number of rotatable bonds is 14. The molecule has 0 aromatic heterocycles. The third-order valence-corrected chi connectivity index (χ3v) is 9.58. The summed E-state index contributed by atoms with van der Waals surface area (Å²) in [6.45, 7) is 5.85. The van der Waals surface area contributed by atoms with E-state index in [4.69, 9.17) is 11.6 Å². The topological polar surface area (TPSA) is 86.8 Å². The molecule has 0 aliphatic heterocycles. The standard InChI is InChI=1S/C36H40ClN3O4S/c1-4-5-22-38-36(42)34(24-29-10-7-6-8-11-29)39(25-30-12-9-13-31(37)23-30)35(41)26-40(32-18-14-27(2)15-19-32)45(43,44)33-20-16-28(3)17-21-33/h6-21,23,34H,4-5,22,24-26H2,1-3H3,(H,38,42)/t34-/m0/s1. The molecule has 0 spiro atoms. The molecule has 0 bridgehead atoms. The Morgan fingerprint density at radius 3 is 2.07 bits per heavy atom. The number of carbonyl (C=O) groups is 2. The minimum absolute atomic E-state index is 0.0599. The van der Waals surface area contributed by atoms with Crippen LogP contribution >= 0.6 is 11.6 Å². The van der Waals surface area contributed by atoms with E-state index in [2.05, 4.69) is 5.32 Å². The highest BCUT2D eigenvalue weighted by Crippen LogP contribution is 2.26. The van der Waals surface area contributed by atoms with Crippen LogP contribution in [0, 0.1) is 13.8 Å². The van der Waals surface area contributed by atoms with Gasteiger partial charge in [0, 0.05) is 24.5 Å². The molecule has 4 aromatic rings. The Morgan fingerprint density at radius 2 is 1.44 bits per heavy atom. The number of nitrogens with zero attached hydrogens (tertiary/aromatic N) is 2. The minimum atomic E-state index is -4.15. The van der Waals surface area contributed by atoms with E-state index in [1.165, 1.54) is 4.90 Å². The van der Waals surface area contributed by atoms with Crippen molar-refractivity contribution in [3.8, 4) is 0 Å². The largest absolute Gasteiger partial charge is 0.354 e. The maximum absolute atomic E-state index is 14.5. The van der Waals surface area contributed by atoms with Crippen molar-refractivity contribution in [2.45, 2.75) is 57.5 Å². The molecule has 0 saturated heterocycles. The van der Waals surface area contributed by atoms with E-state index in [1.807, 2.05) is 57.2 Å². The van der Waals surface area contributed by atoms with Gasteiger partial charge in [0.2, 0.25) is 11.8 Å². The average Bonchev–Trinajstić information content (AvgIpc) is 3.02. The molecule has 45 heavy (non-hydrogen) atoms. The first-order valence-corrected chi connectivity index (χ1v) is 16.9. The van der Waals surface area contributed by atoms with Gasteiger partial charge < -0.3 is 10.2 Å². The third kappa shape index (κ3) is 9.19. The smallest absolute Gasteiger partial charge is 0.264 e. The SMILES string of the molecule is CCCCNC(=O)[C@H](Cc1ccccc1)N(Cc1cccc(Cl)c1)C(=O)CN(c1ccc(C)cc1)S(=O)(=O)c1ccc(C)cc1.